The highest BCUT2D eigenvalue weighted by atomic mass is 16.6. The van der Waals surface area contributed by atoms with Crippen LogP contribution in [0.15, 0.2) is 55.0 Å². The van der Waals surface area contributed by atoms with E-state index in [1.54, 1.807) is 4.90 Å². The van der Waals surface area contributed by atoms with Gasteiger partial charge in [-0.05, 0) is 57.4 Å². The summed E-state index contributed by atoms with van der Waals surface area (Å²) in [5.74, 6) is 0.820. The molecule has 9 heteroatoms. The second kappa shape index (κ2) is 9.19. The highest BCUT2D eigenvalue weighted by Crippen LogP contribution is 2.53. The fourth-order valence-corrected chi connectivity index (χ4v) is 6.61. The third-order valence-electron chi connectivity index (χ3n) is 8.74. The molecule has 2 aliphatic heterocycles. The zero-order valence-electron chi connectivity index (χ0n) is 24.0. The molecule has 0 N–H and O–H groups in total. The zero-order chi connectivity index (χ0) is 28.5. The zero-order valence-corrected chi connectivity index (χ0v) is 24.0. The van der Waals surface area contributed by atoms with Gasteiger partial charge in [0.15, 0.2) is 0 Å². The van der Waals surface area contributed by atoms with Crippen molar-refractivity contribution in [3.8, 4) is 17.0 Å². The van der Waals surface area contributed by atoms with Crippen molar-refractivity contribution in [3.05, 3.63) is 55.0 Å². The number of carbonyl (C=O) groups excluding carboxylic acids is 2. The van der Waals surface area contributed by atoms with Gasteiger partial charge in [0, 0.05) is 78.0 Å². The fourth-order valence-electron chi connectivity index (χ4n) is 6.61. The number of hydrogen-bond acceptors (Lipinski definition) is 6. The highest BCUT2D eigenvalue weighted by Gasteiger charge is 2.57. The number of hydrogen-bond donors (Lipinski definition) is 0. The van der Waals surface area contributed by atoms with E-state index in [0.29, 0.717) is 32.1 Å². The van der Waals surface area contributed by atoms with E-state index >= 15 is 0 Å². The minimum atomic E-state index is -0.489. The Bertz CT molecular complexity index is 1650. The number of aromatic nitrogens is 3. The molecular formula is C32H35N5O4. The third kappa shape index (κ3) is 4.57. The van der Waals surface area contributed by atoms with Crippen LogP contribution in [0.4, 0.5) is 4.79 Å². The molecule has 7 rings (SSSR count). The van der Waals surface area contributed by atoms with Crippen LogP contribution in [0.1, 0.15) is 33.6 Å². The van der Waals surface area contributed by atoms with Gasteiger partial charge in [-0.1, -0.05) is 12.1 Å². The molecule has 0 atom stereocenters. The maximum Gasteiger partial charge on any atom is 0.410 e. The van der Waals surface area contributed by atoms with E-state index in [4.69, 9.17) is 9.47 Å². The number of fused-ring (bicyclic) bond motifs is 3. The first kappa shape index (κ1) is 25.8. The van der Waals surface area contributed by atoms with Crippen LogP contribution in [0.25, 0.3) is 32.9 Å². The summed E-state index contributed by atoms with van der Waals surface area (Å²) >= 11 is 0. The molecule has 3 fully saturated rings. The topological polar surface area (TPSA) is 89.8 Å². The van der Waals surface area contributed by atoms with Crippen molar-refractivity contribution in [2.45, 2.75) is 45.3 Å². The van der Waals surface area contributed by atoms with Gasteiger partial charge in [0.25, 0.3) is 0 Å². The van der Waals surface area contributed by atoms with Crippen molar-refractivity contribution in [3.63, 3.8) is 0 Å². The summed E-state index contributed by atoms with van der Waals surface area (Å²) in [7, 11) is 2.08. The molecule has 3 aromatic heterocycles. The van der Waals surface area contributed by atoms with Gasteiger partial charge in [-0.25, -0.2) is 9.78 Å². The van der Waals surface area contributed by atoms with Gasteiger partial charge >= 0.3 is 6.09 Å². The first-order chi connectivity index (χ1) is 19.6. The lowest BCUT2D eigenvalue weighted by Gasteiger charge is -2.59. The first-order valence-corrected chi connectivity index (χ1v) is 14.3. The van der Waals surface area contributed by atoms with Crippen molar-refractivity contribution in [1.82, 2.24) is 24.3 Å². The van der Waals surface area contributed by atoms with Crippen LogP contribution in [0.2, 0.25) is 0 Å². The second-order valence-electron chi connectivity index (χ2n) is 13.0. The van der Waals surface area contributed by atoms with E-state index in [9.17, 15) is 9.59 Å². The number of rotatable bonds is 4. The van der Waals surface area contributed by atoms with Crippen LogP contribution >= 0.6 is 0 Å². The maximum absolute atomic E-state index is 13.0. The Morgan fingerprint density at radius 3 is 2.39 bits per heavy atom. The minimum Gasteiger partial charge on any atom is -0.471 e. The fraction of sp³-hybridized carbons (Fsp3) is 0.438. The molecule has 0 unspecified atom stereocenters. The van der Waals surface area contributed by atoms with E-state index < -0.39 is 5.60 Å². The van der Waals surface area contributed by atoms with Gasteiger partial charge in [0.2, 0.25) is 11.8 Å². The van der Waals surface area contributed by atoms with Crippen LogP contribution in [0.3, 0.4) is 0 Å². The van der Waals surface area contributed by atoms with E-state index in [1.807, 2.05) is 62.5 Å². The molecule has 1 saturated carbocycles. The lowest BCUT2D eigenvalue weighted by molar-refractivity contribution is -0.161. The molecule has 2 saturated heterocycles. The number of likely N-dealkylation sites (tertiary alicyclic amines) is 2. The Balaban J connectivity index is 0.901. The number of nitrogens with zero attached hydrogens (tertiary/aromatic N) is 5. The van der Waals surface area contributed by atoms with Gasteiger partial charge in [-0.2, -0.15) is 0 Å². The van der Waals surface area contributed by atoms with Crippen LogP contribution in [0, 0.1) is 11.3 Å². The molecule has 212 valence electrons. The minimum absolute atomic E-state index is 0.0431. The number of ether oxygens (including phenoxy) is 2. The normalized spacial score (nSPS) is 18.7. The first-order valence-electron chi connectivity index (χ1n) is 14.3. The number of benzene rings is 1. The number of aryl methyl sites for hydroxylation is 1. The Morgan fingerprint density at radius 1 is 0.927 bits per heavy atom. The second-order valence-corrected chi connectivity index (χ2v) is 13.0. The molecule has 3 aliphatic rings. The highest BCUT2D eigenvalue weighted by molar-refractivity contribution is 6.08. The summed E-state index contributed by atoms with van der Waals surface area (Å²) in [6.45, 7) is 8.17. The lowest BCUT2D eigenvalue weighted by atomic mass is 9.57. The van der Waals surface area contributed by atoms with Crippen molar-refractivity contribution in [2.24, 2.45) is 18.4 Å². The average Bonchev–Trinajstić information content (AvgIpc) is 3.15. The molecular weight excluding hydrogens is 518 g/mol. The number of carbonyl (C=O) groups is 2. The van der Waals surface area contributed by atoms with Crippen LogP contribution in [-0.4, -0.2) is 74.2 Å². The molecule has 1 aliphatic carbocycles. The lowest BCUT2D eigenvalue weighted by Crippen LogP contribution is -2.67. The summed E-state index contributed by atoms with van der Waals surface area (Å²) in [5.41, 5.74) is 4.03. The van der Waals surface area contributed by atoms with Crippen LogP contribution < -0.4 is 4.74 Å². The molecule has 0 bridgehead atoms. The Labute approximate surface area is 239 Å². The van der Waals surface area contributed by atoms with Crippen LogP contribution in [-0.2, 0) is 16.6 Å². The van der Waals surface area contributed by atoms with E-state index in [2.05, 4.69) is 39.8 Å². The van der Waals surface area contributed by atoms with Gasteiger partial charge in [0.1, 0.15) is 11.7 Å². The van der Waals surface area contributed by atoms with E-state index in [-0.39, 0.29) is 29.4 Å². The standard InChI is InChI=1S/C32H35N5O4/c1-31(2,3)41-30(39)37-18-32(19-37)12-22(13-32)29(38)36-16-23(17-36)40-28-8-6-21(14-34-28)20-5-7-24-25-15-33-10-9-26(25)35(4)27(24)11-20/h5-11,14-15,22-23H,12-13,16-19H2,1-4H3. The largest absolute Gasteiger partial charge is 0.471 e. The SMILES string of the molecule is Cn1c2ccncc2c2ccc(-c3ccc(OC4CN(C(=O)C5CC6(C5)CN(C(=O)OC(C)(C)C)C6)C4)nc3)cc21. The molecule has 1 spiro atoms. The van der Waals surface area contributed by atoms with Crippen molar-refractivity contribution >= 4 is 33.8 Å². The number of amides is 2. The van der Waals surface area contributed by atoms with Gasteiger partial charge in [0.05, 0.1) is 18.6 Å². The molecule has 2 amide bonds. The molecule has 9 nitrogen and oxygen atoms in total. The van der Waals surface area contributed by atoms with Crippen LogP contribution in [0.5, 0.6) is 5.88 Å². The quantitative estimate of drug-likeness (QED) is 0.352. The Morgan fingerprint density at radius 2 is 1.68 bits per heavy atom. The Kier molecular flexibility index (Phi) is 5.78. The molecule has 5 heterocycles. The summed E-state index contributed by atoms with van der Waals surface area (Å²) in [6, 6.07) is 12.4. The van der Waals surface area contributed by atoms with Gasteiger partial charge in [-0.3, -0.25) is 9.78 Å². The summed E-state index contributed by atoms with van der Waals surface area (Å²) in [4.78, 5) is 37.6. The monoisotopic (exact) mass is 553 g/mol. The van der Waals surface area contributed by atoms with E-state index in [0.717, 1.165) is 40.4 Å². The summed E-state index contributed by atoms with van der Waals surface area (Å²) in [5, 5.41) is 2.33. The van der Waals surface area contributed by atoms with Crippen molar-refractivity contribution in [2.75, 3.05) is 26.2 Å². The third-order valence-corrected chi connectivity index (χ3v) is 8.74. The molecule has 41 heavy (non-hydrogen) atoms. The predicted octanol–water partition coefficient (Wildman–Crippen LogP) is 5.03. The van der Waals surface area contributed by atoms with E-state index in [1.165, 1.54) is 5.39 Å². The van der Waals surface area contributed by atoms with Gasteiger partial charge in [-0.15, -0.1) is 0 Å². The van der Waals surface area contributed by atoms with Gasteiger partial charge < -0.3 is 23.8 Å². The molecule has 4 aromatic rings. The summed E-state index contributed by atoms with van der Waals surface area (Å²) in [6.07, 6.45) is 6.97. The molecule has 0 radical (unpaired) electrons. The predicted molar refractivity (Wildman–Crippen MR) is 155 cm³/mol. The average molecular weight is 554 g/mol. The maximum atomic E-state index is 13.0. The van der Waals surface area contributed by atoms with Crippen molar-refractivity contribution in [1.29, 1.82) is 0 Å². The molecule has 1 aromatic carbocycles. The Hall–Kier alpha value is -4.14. The van der Waals surface area contributed by atoms with Crippen molar-refractivity contribution < 1.29 is 19.1 Å². The summed E-state index contributed by atoms with van der Waals surface area (Å²) < 4.78 is 13.7. The number of pyridine rings is 2. The smallest absolute Gasteiger partial charge is 0.410 e.